The third-order valence-electron chi connectivity index (χ3n) is 2.97. The fourth-order valence-corrected chi connectivity index (χ4v) is 2.75. The highest BCUT2D eigenvalue weighted by Gasteiger charge is 2.18. The molecule has 5 nitrogen and oxygen atoms in total. The first kappa shape index (κ1) is 18.9. The van der Waals surface area contributed by atoms with E-state index in [1.165, 1.54) is 0 Å². The Balaban J connectivity index is 2.51. The van der Waals surface area contributed by atoms with E-state index < -0.39 is 12.1 Å². The highest BCUT2D eigenvalue weighted by Crippen LogP contribution is 2.25. The Labute approximate surface area is 144 Å². The molecule has 0 aromatic heterocycles. The first-order chi connectivity index (χ1) is 10.5. The summed E-state index contributed by atoms with van der Waals surface area (Å²) >= 11 is 13.6. The third kappa shape index (κ3) is 6.34. The number of nitrogens with two attached hydrogens (primary N) is 1. The average Bonchev–Trinajstić information content (AvgIpc) is 2.47. The second-order valence-corrected chi connectivity index (χ2v) is 6.37. The molecule has 1 unspecified atom stereocenters. The number of benzene rings is 1. The summed E-state index contributed by atoms with van der Waals surface area (Å²) in [5.41, 5.74) is 5.95. The molecule has 1 aromatic rings. The monoisotopic (exact) mass is 363 g/mol. The van der Waals surface area contributed by atoms with Crippen LogP contribution in [0.1, 0.15) is 12.0 Å². The normalized spacial score (nSPS) is 11.8. The molecule has 0 fully saturated rings. The van der Waals surface area contributed by atoms with Gasteiger partial charge in [0.1, 0.15) is 6.04 Å². The fraction of sp³-hybridized carbons (Fsp3) is 0.429. The molecule has 0 aliphatic carbocycles. The number of rotatable bonds is 8. The van der Waals surface area contributed by atoms with Gasteiger partial charge in [-0.2, -0.15) is 11.8 Å². The van der Waals surface area contributed by atoms with Crippen LogP contribution in [-0.4, -0.2) is 36.5 Å². The summed E-state index contributed by atoms with van der Waals surface area (Å²) in [5.74, 6) is 0.490. The van der Waals surface area contributed by atoms with Gasteiger partial charge in [0.05, 0.1) is 10.0 Å². The molecule has 22 heavy (non-hydrogen) atoms. The molecule has 1 atom stereocenters. The molecule has 0 aliphatic heterocycles. The summed E-state index contributed by atoms with van der Waals surface area (Å²) in [7, 11) is 0. The smallest absolute Gasteiger partial charge is 0.312 e. The minimum absolute atomic E-state index is 0.258. The van der Waals surface area contributed by atoms with E-state index in [0.717, 1.165) is 11.3 Å². The second kappa shape index (κ2) is 9.82. The summed E-state index contributed by atoms with van der Waals surface area (Å²) in [6.45, 7) is 0.398. The molecule has 1 aromatic carbocycles. The number of nitrogens with one attached hydrogen (secondary N) is 2. The van der Waals surface area contributed by atoms with E-state index >= 15 is 0 Å². The van der Waals surface area contributed by atoms with E-state index in [0.29, 0.717) is 29.4 Å². The van der Waals surface area contributed by atoms with Gasteiger partial charge >= 0.3 is 6.03 Å². The summed E-state index contributed by atoms with van der Waals surface area (Å²) in [4.78, 5) is 23.0. The van der Waals surface area contributed by atoms with Crippen molar-refractivity contribution >= 4 is 46.9 Å². The number of thioether (sulfide) groups is 1. The lowest BCUT2D eigenvalue weighted by Crippen LogP contribution is -2.49. The van der Waals surface area contributed by atoms with Crippen molar-refractivity contribution in [2.75, 3.05) is 18.6 Å². The molecule has 0 saturated heterocycles. The molecular weight excluding hydrogens is 345 g/mol. The Hall–Kier alpha value is -1.11. The minimum Gasteiger partial charge on any atom is -0.354 e. The van der Waals surface area contributed by atoms with E-state index in [1.807, 2.05) is 12.3 Å². The van der Waals surface area contributed by atoms with Crippen LogP contribution >= 0.6 is 35.0 Å². The summed E-state index contributed by atoms with van der Waals surface area (Å²) in [5, 5.41) is 6.20. The zero-order valence-electron chi connectivity index (χ0n) is 12.2. The second-order valence-electron chi connectivity index (χ2n) is 4.60. The highest BCUT2D eigenvalue weighted by molar-refractivity contribution is 7.98. The molecular formula is C14H19Cl2N3O2S. The van der Waals surface area contributed by atoms with Crippen LogP contribution in [0.25, 0.3) is 0 Å². The standard InChI is InChI=1S/C14H19Cl2N3O2S/c1-22-8-6-11(19-14(17)21)13(20)18-7-5-9-3-2-4-10(15)12(9)16/h2-4,11H,5-8H2,1H3,(H,18,20)(H3,17,19,21). The van der Waals surface area contributed by atoms with Crippen molar-refractivity contribution in [3.63, 3.8) is 0 Å². The zero-order chi connectivity index (χ0) is 16.5. The predicted octanol–water partition coefficient (Wildman–Crippen LogP) is 2.44. The molecule has 3 amide bonds. The van der Waals surface area contributed by atoms with Gasteiger partial charge in [-0.3, -0.25) is 4.79 Å². The summed E-state index contributed by atoms with van der Waals surface area (Å²) < 4.78 is 0. The largest absolute Gasteiger partial charge is 0.354 e. The number of carbonyl (C=O) groups excluding carboxylic acids is 2. The van der Waals surface area contributed by atoms with Crippen molar-refractivity contribution in [3.8, 4) is 0 Å². The van der Waals surface area contributed by atoms with Crippen molar-refractivity contribution in [2.24, 2.45) is 5.73 Å². The van der Waals surface area contributed by atoms with Gasteiger partial charge < -0.3 is 16.4 Å². The number of halogens is 2. The van der Waals surface area contributed by atoms with Crippen LogP contribution in [-0.2, 0) is 11.2 Å². The number of hydrogen-bond donors (Lipinski definition) is 3. The van der Waals surface area contributed by atoms with E-state index in [1.54, 1.807) is 23.9 Å². The van der Waals surface area contributed by atoms with Crippen LogP contribution in [0.15, 0.2) is 18.2 Å². The van der Waals surface area contributed by atoms with Crippen molar-refractivity contribution < 1.29 is 9.59 Å². The van der Waals surface area contributed by atoms with Crippen LogP contribution < -0.4 is 16.4 Å². The maximum absolute atomic E-state index is 12.1. The van der Waals surface area contributed by atoms with Crippen LogP contribution in [0, 0.1) is 0 Å². The van der Waals surface area contributed by atoms with Gasteiger partial charge in [-0.1, -0.05) is 35.3 Å². The van der Waals surface area contributed by atoms with Gasteiger partial charge in [0.15, 0.2) is 0 Å². The molecule has 0 radical (unpaired) electrons. The molecule has 0 heterocycles. The molecule has 0 aliphatic rings. The van der Waals surface area contributed by atoms with E-state index in [2.05, 4.69) is 10.6 Å². The first-order valence-corrected chi connectivity index (χ1v) is 8.86. The Morgan fingerprint density at radius 2 is 2.09 bits per heavy atom. The van der Waals surface area contributed by atoms with Crippen LogP contribution in [0.2, 0.25) is 10.0 Å². The molecule has 1 rings (SSSR count). The minimum atomic E-state index is -0.709. The van der Waals surface area contributed by atoms with Gasteiger partial charge in [-0.15, -0.1) is 0 Å². The van der Waals surface area contributed by atoms with Crippen molar-refractivity contribution in [1.29, 1.82) is 0 Å². The van der Waals surface area contributed by atoms with Crippen LogP contribution in [0.5, 0.6) is 0 Å². The zero-order valence-corrected chi connectivity index (χ0v) is 14.5. The Morgan fingerprint density at radius 3 is 2.73 bits per heavy atom. The Bertz CT molecular complexity index is 529. The lowest BCUT2D eigenvalue weighted by atomic mass is 10.1. The fourth-order valence-electron chi connectivity index (χ4n) is 1.86. The summed E-state index contributed by atoms with van der Waals surface area (Å²) in [6.07, 6.45) is 3.01. The Kier molecular flexibility index (Phi) is 8.45. The highest BCUT2D eigenvalue weighted by atomic mass is 35.5. The molecule has 4 N–H and O–H groups in total. The summed E-state index contributed by atoms with van der Waals surface area (Å²) in [6, 6.07) is 4.04. The maximum atomic E-state index is 12.1. The maximum Gasteiger partial charge on any atom is 0.312 e. The van der Waals surface area contributed by atoms with Gasteiger partial charge in [0, 0.05) is 6.54 Å². The quantitative estimate of drug-likeness (QED) is 0.663. The molecule has 0 saturated carbocycles. The van der Waals surface area contributed by atoms with E-state index in [-0.39, 0.29) is 5.91 Å². The number of hydrogen-bond acceptors (Lipinski definition) is 3. The number of carbonyl (C=O) groups is 2. The van der Waals surface area contributed by atoms with Gasteiger partial charge in [0.25, 0.3) is 0 Å². The predicted molar refractivity (Wildman–Crippen MR) is 92.7 cm³/mol. The lowest BCUT2D eigenvalue weighted by molar-refractivity contribution is -0.122. The average molecular weight is 364 g/mol. The number of urea groups is 1. The first-order valence-electron chi connectivity index (χ1n) is 6.71. The van der Waals surface area contributed by atoms with Crippen molar-refractivity contribution in [2.45, 2.75) is 18.9 Å². The van der Waals surface area contributed by atoms with Gasteiger partial charge in [-0.05, 0) is 36.5 Å². The van der Waals surface area contributed by atoms with E-state index in [9.17, 15) is 9.59 Å². The molecule has 0 spiro atoms. The van der Waals surface area contributed by atoms with Crippen LogP contribution in [0.3, 0.4) is 0 Å². The van der Waals surface area contributed by atoms with E-state index in [4.69, 9.17) is 28.9 Å². The number of primary amides is 1. The third-order valence-corrected chi connectivity index (χ3v) is 4.47. The Morgan fingerprint density at radius 1 is 1.36 bits per heavy atom. The van der Waals surface area contributed by atoms with Gasteiger partial charge in [-0.25, -0.2) is 4.79 Å². The molecule has 122 valence electrons. The van der Waals surface area contributed by atoms with Crippen molar-refractivity contribution in [1.82, 2.24) is 10.6 Å². The van der Waals surface area contributed by atoms with Crippen molar-refractivity contribution in [3.05, 3.63) is 33.8 Å². The van der Waals surface area contributed by atoms with Crippen LogP contribution in [0.4, 0.5) is 4.79 Å². The molecule has 8 heteroatoms. The number of amides is 3. The SMILES string of the molecule is CSCCC(NC(N)=O)C(=O)NCCc1cccc(Cl)c1Cl. The topological polar surface area (TPSA) is 84.2 Å². The molecule has 0 bridgehead atoms. The van der Waals surface area contributed by atoms with Gasteiger partial charge in [0.2, 0.25) is 5.91 Å². The lowest BCUT2D eigenvalue weighted by Gasteiger charge is -2.17.